The number of thiocarbonyl (C=S) groups is 1. The summed E-state index contributed by atoms with van der Waals surface area (Å²) in [6.45, 7) is 0. The van der Waals surface area contributed by atoms with Crippen molar-refractivity contribution >= 4 is 32.9 Å². The van der Waals surface area contributed by atoms with Crippen LogP contribution in [-0.2, 0) is 10.0 Å². The molecular formula is C13H11FN2O2S2. The number of benzene rings is 2. The lowest BCUT2D eigenvalue weighted by Gasteiger charge is -2.09. The molecule has 0 unspecified atom stereocenters. The van der Waals surface area contributed by atoms with Crippen LogP contribution in [0.1, 0.15) is 5.56 Å². The van der Waals surface area contributed by atoms with Gasteiger partial charge in [-0.05, 0) is 24.3 Å². The molecule has 20 heavy (non-hydrogen) atoms. The standard InChI is InChI=1S/C13H11FN2O2S2/c14-11-6-1-2-7-12(11)20(17,18)16-10-5-3-4-9(8-10)13(15)19/h1-8,16H,(H2,15,19). The Morgan fingerprint density at radius 3 is 2.50 bits per heavy atom. The minimum atomic E-state index is -4.00. The molecule has 2 aromatic carbocycles. The molecule has 0 atom stereocenters. The predicted octanol–water partition coefficient (Wildman–Crippen LogP) is 2.26. The van der Waals surface area contributed by atoms with E-state index in [2.05, 4.69) is 4.72 Å². The number of anilines is 1. The SMILES string of the molecule is NC(=S)c1cccc(NS(=O)(=O)c2ccccc2F)c1. The average Bonchev–Trinajstić information content (AvgIpc) is 2.38. The van der Waals surface area contributed by atoms with Crippen molar-refractivity contribution < 1.29 is 12.8 Å². The topological polar surface area (TPSA) is 72.2 Å². The van der Waals surface area contributed by atoms with E-state index >= 15 is 0 Å². The van der Waals surface area contributed by atoms with Crippen molar-refractivity contribution in [2.45, 2.75) is 4.90 Å². The summed E-state index contributed by atoms with van der Waals surface area (Å²) in [6, 6.07) is 11.4. The second-order valence-corrected chi connectivity index (χ2v) is 6.07. The van der Waals surface area contributed by atoms with Crippen LogP contribution < -0.4 is 10.5 Å². The van der Waals surface area contributed by atoms with Crippen LogP contribution in [0.3, 0.4) is 0 Å². The highest BCUT2D eigenvalue weighted by Crippen LogP contribution is 2.19. The van der Waals surface area contributed by atoms with E-state index in [0.717, 1.165) is 6.07 Å². The second-order valence-electron chi connectivity index (χ2n) is 3.98. The quantitative estimate of drug-likeness (QED) is 0.850. The van der Waals surface area contributed by atoms with Gasteiger partial charge >= 0.3 is 0 Å². The highest BCUT2D eigenvalue weighted by Gasteiger charge is 2.18. The molecule has 0 fully saturated rings. The molecule has 0 spiro atoms. The molecule has 0 aliphatic heterocycles. The van der Waals surface area contributed by atoms with Crippen molar-refractivity contribution in [3.05, 3.63) is 59.9 Å². The maximum absolute atomic E-state index is 13.5. The summed E-state index contributed by atoms with van der Waals surface area (Å²) in [5.41, 5.74) is 6.26. The third-order valence-electron chi connectivity index (χ3n) is 2.53. The van der Waals surface area contributed by atoms with Gasteiger partial charge in [0.05, 0.1) is 0 Å². The lowest BCUT2D eigenvalue weighted by atomic mass is 10.2. The van der Waals surface area contributed by atoms with E-state index in [1.54, 1.807) is 12.1 Å². The first-order valence-corrected chi connectivity index (χ1v) is 7.46. The van der Waals surface area contributed by atoms with Crippen molar-refractivity contribution in [2.24, 2.45) is 5.73 Å². The molecule has 0 aliphatic carbocycles. The van der Waals surface area contributed by atoms with E-state index in [9.17, 15) is 12.8 Å². The average molecular weight is 310 g/mol. The Hall–Kier alpha value is -1.99. The first-order valence-electron chi connectivity index (χ1n) is 5.57. The maximum atomic E-state index is 13.5. The smallest absolute Gasteiger partial charge is 0.264 e. The van der Waals surface area contributed by atoms with Gasteiger partial charge in [0.15, 0.2) is 0 Å². The van der Waals surface area contributed by atoms with Crippen LogP contribution in [0.15, 0.2) is 53.4 Å². The van der Waals surface area contributed by atoms with E-state index < -0.39 is 20.7 Å². The van der Waals surface area contributed by atoms with Crippen LogP contribution in [0, 0.1) is 5.82 Å². The Labute approximate surface area is 121 Å². The highest BCUT2D eigenvalue weighted by molar-refractivity contribution is 7.92. The van der Waals surface area contributed by atoms with Crippen molar-refractivity contribution in [1.82, 2.24) is 0 Å². The van der Waals surface area contributed by atoms with Gasteiger partial charge in [0.1, 0.15) is 15.7 Å². The zero-order valence-corrected chi connectivity index (χ0v) is 11.8. The lowest BCUT2D eigenvalue weighted by molar-refractivity contribution is 0.570. The summed E-state index contributed by atoms with van der Waals surface area (Å²) < 4.78 is 40.0. The van der Waals surface area contributed by atoms with Crippen molar-refractivity contribution in [3.8, 4) is 0 Å². The molecule has 0 aliphatic rings. The number of nitrogens with two attached hydrogens (primary N) is 1. The Bertz CT molecular complexity index is 760. The molecule has 2 rings (SSSR count). The van der Waals surface area contributed by atoms with E-state index in [1.165, 1.54) is 30.3 Å². The second kappa shape index (κ2) is 5.56. The molecule has 0 bridgehead atoms. The summed E-state index contributed by atoms with van der Waals surface area (Å²) in [7, 11) is -4.00. The number of rotatable bonds is 4. The molecule has 0 amide bonds. The number of hydrogen-bond acceptors (Lipinski definition) is 3. The first-order chi connectivity index (χ1) is 9.40. The van der Waals surface area contributed by atoms with E-state index in [0.29, 0.717) is 5.56 Å². The van der Waals surface area contributed by atoms with Crippen molar-refractivity contribution in [3.63, 3.8) is 0 Å². The number of nitrogens with one attached hydrogen (secondary N) is 1. The predicted molar refractivity (Wildman–Crippen MR) is 79.5 cm³/mol. The molecule has 0 saturated heterocycles. The number of sulfonamides is 1. The zero-order valence-electron chi connectivity index (χ0n) is 10.2. The van der Waals surface area contributed by atoms with Crippen LogP contribution in [0.4, 0.5) is 10.1 Å². The van der Waals surface area contributed by atoms with Gasteiger partial charge in [0.25, 0.3) is 10.0 Å². The van der Waals surface area contributed by atoms with Crippen LogP contribution in [-0.4, -0.2) is 13.4 Å². The van der Waals surface area contributed by atoms with E-state index in [4.69, 9.17) is 18.0 Å². The Balaban J connectivity index is 2.36. The van der Waals surface area contributed by atoms with E-state index in [1.807, 2.05) is 0 Å². The van der Waals surface area contributed by atoms with Crippen LogP contribution in [0.5, 0.6) is 0 Å². The van der Waals surface area contributed by atoms with Gasteiger partial charge in [-0.2, -0.15) is 0 Å². The van der Waals surface area contributed by atoms with Gasteiger partial charge in [-0.25, -0.2) is 12.8 Å². The highest BCUT2D eigenvalue weighted by atomic mass is 32.2. The molecule has 0 aromatic heterocycles. The fraction of sp³-hybridized carbons (Fsp3) is 0. The van der Waals surface area contributed by atoms with Crippen LogP contribution >= 0.6 is 12.2 Å². The van der Waals surface area contributed by atoms with Crippen LogP contribution in [0.2, 0.25) is 0 Å². The molecule has 0 radical (unpaired) electrons. The molecular weight excluding hydrogens is 299 g/mol. The Morgan fingerprint density at radius 2 is 1.85 bits per heavy atom. The zero-order chi connectivity index (χ0) is 14.8. The summed E-state index contributed by atoms with van der Waals surface area (Å²) in [5.74, 6) is -0.814. The molecule has 0 heterocycles. The summed E-state index contributed by atoms with van der Waals surface area (Å²) in [6.07, 6.45) is 0. The fourth-order valence-electron chi connectivity index (χ4n) is 1.61. The van der Waals surface area contributed by atoms with Gasteiger partial charge in [0, 0.05) is 11.3 Å². The third-order valence-corrected chi connectivity index (χ3v) is 4.18. The minimum Gasteiger partial charge on any atom is -0.389 e. The first kappa shape index (κ1) is 14.4. The molecule has 7 heteroatoms. The third kappa shape index (κ3) is 3.12. The summed E-state index contributed by atoms with van der Waals surface area (Å²) in [5, 5.41) is 0. The number of halogens is 1. The largest absolute Gasteiger partial charge is 0.389 e. The van der Waals surface area contributed by atoms with E-state index in [-0.39, 0.29) is 10.7 Å². The van der Waals surface area contributed by atoms with Gasteiger partial charge in [0.2, 0.25) is 0 Å². The molecule has 104 valence electrons. The van der Waals surface area contributed by atoms with Gasteiger partial charge in [-0.3, -0.25) is 4.72 Å². The monoisotopic (exact) mass is 310 g/mol. The summed E-state index contributed by atoms with van der Waals surface area (Å²) >= 11 is 4.82. The Morgan fingerprint density at radius 1 is 1.15 bits per heavy atom. The van der Waals surface area contributed by atoms with Crippen molar-refractivity contribution in [1.29, 1.82) is 0 Å². The van der Waals surface area contributed by atoms with Gasteiger partial charge in [-0.15, -0.1) is 0 Å². The Kier molecular flexibility index (Phi) is 4.01. The normalized spacial score (nSPS) is 11.1. The maximum Gasteiger partial charge on any atom is 0.264 e. The molecule has 0 saturated carbocycles. The molecule has 2 aromatic rings. The van der Waals surface area contributed by atoms with Crippen LogP contribution in [0.25, 0.3) is 0 Å². The molecule has 4 nitrogen and oxygen atoms in total. The molecule has 3 N–H and O–H groups in total. The summed E-state index contributed by atoms with van der Waals surface area (Å²) in [4.78, 5) is -0.266. The minimum absolute atomic E-state index is 0.150. The van der Waals surface area contributed by atoms with Gasteiger partial charge in [-0.1, -0.05) is 36.5 Å². The fourth-order valence-corrected chi connectivity index (χ4v) is 2.87. The number of hydrogen-bond donors (Lipinski definition) is 2. The van der Waals surface area contributed by atoms with Gasteiger partial charge < -0.3 is 5.73 Å². The lowest BCUT2D eigenvalue weighted by Crippen LogP contribution is -2.15. The van der Waals surface area contributed by atoms with Crippen molar-refractivity contribution in [2.75, 3.05) is 4.72 Å².